The zero-order chi connectivity index (χ0) is 16.9. The summed E-state index contributed by atoms with van der Waals surface area (Å²) in [5, 5.41) is 0. The Balaban J connectivity index is 5.73. The van der Waals surface area contributed by atoms with Crippen LogP contribution < -0.4 is 0 Å². The quantitative estimate of drug-likeness (QED) is 0.234. The maximum atomic E-state index is 12.5. The van der Waals surface area contributed by atoms with Crippen LogP contribution in [0.2, 0.25) is 0 Å². The van der Waals surface area contributed by atoms with E-state index in [9.17, 15) is 39.5 Å². The fraction of sp³-hybridized carbons (Fsp3) is 0.667. The average molecular weight is 333 g/mol. The Hall–Kier alpha value is -1.46. The second-order valence-corrected chi connectivity index (χ2v) is 3.36. The van der Waals surface area contributed by atoms with Crippen LogP contribution in [0.3, 0.4) is 0 Å². The van der Waals surface area contributed by atoms with E-state index in [0.29, 0.717) is 0 Å². The van der Waals surface area contributed by atoms with E-state index in [1.54, 1.807) is 0 Å². The van der Waals surface area contributed by atoms with Crippen molar-refractivity contribution in [3.63, 3.8) is 0 Å². The van der Waals surface area contributed by atoms with Crippen molar-refractivity contribution in [3.8, 4) is 0 Å². The molecule has 0 N–H and O–H groups in total. The number of halogens is 9. The van der Waals surface area contributed by atoms with Crippen molar-refractivity contribution < 1.29 is 49.0 Å². The molecule has 0 aliphatic rings. The molecule has 0 rings (SSSR count). The third-order valence-corrected chi connectivity index (χ3v) is 1.72. The minimum atomic E-state index is -6.48. The number of hydrogen-bond acceptors (Lipinski definition) is 3. The van der Waals surface area contributed by atoms with E-state index in [1.165, 1.54) is 0 Å². The first-order valence-corrected chi connectivity index (χ1v) is 4.87. The first kappa shape index (κ1) is 19.5. The lowest BCUT2D eigenvalue weighted by atomic mass is 10.2. The maximum Gasteiger partial charge on any atom is 0.465 e. The van der Waals surface area contributed by atoms with Gasteiger partial charge >= 0.3 is 24.2 Å². The van der Waals surface area contributed by atoms with E-state index in [0.717, 1.165) is 6.08 Å². The van der Waals surface area contributed by atoms with Crippen LogP contribution >= 0.6 is 0 Å². The summed E-state index contributed by atoms with van der Waals surface area (Å²) in [6.07, 6.45) is -17.7. The fourth-order valence-corrected chi connectivity index (χ4v) is 0.901. The Kier molecular flexibility index (Phi) is 6.08. The van der Waals surface area contributed by atoms with Crippen molar-refractivity contribution in [2.45, 2.75) is 24.2 Å². The van der Waals surface area contributed by atoms with Crippen molar-refractivity contribution in [2.75, 3.05) is 13.2 Å². The molecule has 0 fully saturated rings. The Morgan fingerprint density at radius 3 is 1.76 bits per heavy atom. The van der Waals surface area contributed by atoms with E-state index in [4.69, 9.17) is 0 Å². The lowest BCUT2D eigenvalue weighted by Gasteiger charge is -2.36. The average Bonchev–Trinajstić information content (AvgIpc) is 2.30. The first-order valence-electron chi connectivity index (χ1n) is 4.87. The molecule has 0 aromatic rings. The molecule has 0 aliphatic heterocycles. The summed E-state index contributed by atoms with van der Waals surface area (Å²) in [6, 6.07) is 0. The summed E-state index contributed by atoms with van der Waals surface area (Å²) in [5.41, 5.74) is 0. The van der Waals surface area contributed by atoms with Gasteiger partial charge in [-0.1, -0.05) is 6.08 Å². The summed E-state index contributed by atoms with van der Waals surface area (Å²) in [4.78, 5) is 2.87. The zero-order valence-electron chi connectivity index (χ0n) is 9.94. The van der Waals surface area contributed by atoms with Gasteiger partial charge in [-0.15, -0.1) is 6.58 Å². The predicted octanol–water partition coefficient (Wildman–Crippen LogP) is 3.62. The Morgan fingerprint density at radius 1 is 0.952 bits per heavy atom. The van der Waals surface area contributed by atoms with E-state index in [-0.39, 0.29) is 6.40 Å². The second-order valence-electron chi connectivity index (χ2n) is 3.36. The van der Waals surface area contributed by atoms with Gasteiger partial charge in [0.25, 0.3) is 0 Å². The highest BCUT2D eigenvalue weighted by Crippen LogP contribution is 2.49. The van der Waals surface area contributed by atoms with E-state index < -0.39 is 37.5 Å². The maximum absolute atomic E-state index is 12.5. The third kappa shape index (κ3) is 4.79. The molecular formula is C9H8F9NO2. The van der Waals surface area contributed by atoms with Gasteiger partial charge in [0, 0.05) is 0 Å². The molecule has 0 bridgehead atoms. The van der Waals surface area contributed by atoms with Crippen molar-refractivity contribution in [1.29, 1.82) is 0 Å². The summed E-state index contributed by atoms with van der Waals surface area (Å²) >= 11 is 0. The topological polar surface area (TPSA) is 30.8 Å². The normalized spacial score (nSPS) is 14.5. The SMILES string of the molecule is C=CCN=COC(OC(F)(F)CF)(C(F)(F)F)C(F)(F)F. The van der Waals surface area contributed by atoms with Crippen LogP contribution in [0.5, 0.6) is 0 Å². The van der Waals surface area contributed by atoms with Crippen molar-refractivity contribution >= 4 is 6.40 Å². The molecule has 0 aromatic heterocycles. The smallest absolute Gasteiger partial charge is 0.436 e. The fourth-order valence-electron chi connectivity index (χ4n) is 0.901. The van der Waals surface area contributed by atoms with Crippen LogP contribution in [0.4, 0.5) is 39.5 Å². The molecule has 0 spiro atoms. The van der Waals surface area contributed by atoms with Crippen molar-refractivity contribution in [1.82, 2.24) is 0 Å². The van der Waals surface area contributed by atoms with Gasteiger partial charge in [-0.25, -0.2) is 4.39 Å². The summed E-state index contributed by atoms with van der Waals surface area (Å²) in [6.45, 7) is -0.325. The monoisotopic (exact) mass is 333 g/mol. The second kappa shape index (κ2) is 6.54. The van der Waals surface area contributed by atoms with Crippen LogP contribution in [0.15, 0.2) is 17.6 Å². The number of ether oxygens (including phenoxy) is 2. The van der Waals surface area contributed by atoms with Crippen LogP contribution in [0, 0.1) is 0 Å². The van der Waals surface area contributed by atoms with Gasteiger partial charge in [0.1, 0.15) is 0 Å². The zero-order valence-corrected chi connectivity index (χ0v) is 9.94. The van der Waals surface area contributed by atoms with E-state index >= 15 is 0 Å². The van der Waals surface area contributed by atoms with Crippen LogP contribution in [0.25, 0.3) is 0 Å². The van der Waals surface area contributed by atoms with Gasteiger partial charge in [-0.05, 0) is 0 Å². The van der Waals surface area contributed by atoms with E-state index in [2.05, 4.69) is 21.0 Å². The molecule has 0 unspecified atom stereocenters. The number of hydrogen-bond donors (Lipinski definition) is 0. The van der Waals surface area contributed by atoms with Gasteiger partial charge in [0.15, 0.2) is 13.1 Å². The summed E-state index contributed by atoms with van der Waals surface area (Å²) < 4.78 is 118. The van der Waals surface area contributed by atoms with Gasteiger partial charge in [-0.2, -0.15) is 35.1 Å². The highest BCUT2D eigenvalue weighted by atomic mass is 19.4. The summed E-state index contributed by atoms with van der Waals surface area (Å²) in [7, 11) is 0. The molecule has 0 aliphatic carbocycles. The molecule has 21 heavy (non-hydrogen) atoms. The number of rotatable bonds is 7. The van der Waals surface area contributed by atoms with Crippen LogP contribution in [0.1, 0.15) is 0 Å². The lowest BCUT2D eigenvalue weighted by Crippen LogP contribution is -2.63. The highest BCUT2D eigenvalue weighted by molar-refractivity contribution is 5.47. The Bertz CT molecular complexity index is 360. The van der Waals surface area contributed by atoms with Gasteiger partial charge < -0.3 is 4.74 Å². The standard InChI is InChI=1S/C9H8F9NO2/c1-2-3-19-5-20-7(8(13,14)15,9(16,17)18)21-6(11,12)4-10/h2,5H,1,3-4H2. The molecule has 0 saturated carbocycles. The van der Waals surface area contributed by atoms with Gasteiger partial charge in [0.2, 0.25) is 0 Å². The third-order valence-electron chi connectivity index (χ3n) is 1.72. The lowest BCUT2D eigenvalue weighted by molar-refractivity contribution is -0.497. The number of nitrogens with zero attached hydrogens (tertiary/aromatic N) is 1. The molecule has 0 amide bonds. The predicted molar refractivity (Wildman–Crippen MR) is 51.5 cm³/mol. The molecule has 0 saturated heterocycles. The molecule has 0 radical (unpaired) electrons. The molecule has 0 aromatic carbocycles. The van der Waals surface area contributed by atoms with Crippen molar-refractivity contribution in [2.24, 2.45) is 4.99 Å². The van der Waals surface area contributed by atoms with Crippen LogP contribution in [-0.4, -0.2) is 43.9 Å². The largest absolute Gasteiger partial charge is 0.465 e. The van der Waals surface area contributed by atoms with Crippen LogP contribution in [-0.2, 0) is 9.47 Å². The minimum absolute atomic E-state index is 0.378. The molecule has 12 heteroatoms. The number of alkyl halides is 9. The first-order chi connectivity index (χ1) is 9.33. The number of aliphatic imine (C=N–C) groups is 1. The Morgan fingerprint density at radius 2 is 1.43 bits per heavy atom. The molecule has 3 nitrogen and oxygen atoms in total. The van der Waals surface area contributed by atoms with Gasteiger partial charge in [0.05, 0.1) is 6.54 Å². The molecule has 124 valence electrons. The minimum Gasteiger partial charge on any atom is -0.436 e. The Labute approximate surface area is 112 Å². The molecular weight excluding hydrogens is 325 g/mol. The van der Waals surface area contributed by atoms with Crippen molar-refractivity contribution in [3.05, 3.63) is 12.7 Å². The van der Waals surface area contributed by atoms with E-state index in [1.807, 2.05) is 0 Å². The molecule has 0 heterocycles. The van der Waals surface area contributed by atoms with Gasteiger partial charge in [-0.3, -0.25) is 9.73 Å². The molecule has 0 atom stereocenters. The highest BCUT2D eigenvalue weighted by Gasteiger charge is 2.78. The summed E-state index contributed by atoms with van der Waals surface area (Å²) in [5.74, 6) is -5.76.